The third-order valence-electron chi connectivity index (χ3n) is 12.2. The van der Waals surface area contributed by atoms with Gasteiger partial charge in [0.1, 0.15) is 0 Å². The Morgan fingerprint density at radius 3 is 0.988 bits per heavy atom. The molecule has 0 atom stereocenters. The van der Waals surface area contributed by atoms with Gasteiger partial charge in [0.25, 0.3) is 0 Å². The molecule has 0 saturated heterocycles. The van der Waals surface area contributed by atoms with Crippen LogP contribution in [-0.4, -0.2) is 52.4 Å². The Labute approximate surface area is 499 Å². The monoisotopic (exact) mass is 1220 g/mol. The number of fused-ring (bicyclic) bond motifs is 4. The molecule has 0 amide bonds. The topological polar surface area (TPSA) is 177 Å². The van der Waals surface area contributed by atoms with E-state index in [0.29, 0.717) is 11.4 Å². The molecule has 2 aliphatic rings. The predicted octanol–water partition coefficient (Wildman–Crippen LogP) is 17.2. The minimum atomic E-state index is -1.08. The van der Waals surface area contributed by atoms with Crippen molar-refractivity contribution in [2.24, 2.45) is 0 Å². The maximum absolute atomic E-state index is 10.8. The number of nitrogens with zero attached hydrogens (tertiary/aromatic N) is 8. The summed E-state index contributed by atoms with van der Waals surface area (Å²) in [6.07, 6.45) is 15.0. The van der Waals surface area contributed by atoms with Crippen molar-refractivity contribution in [3.8, 4) is 22.8 Å². The number of benzene rings is 6. The van der Waals surface area contributed by atoms with Crippen molar-refractivity contribution in [3.63, 3.8) is 0 Å². The summed E-state index contributed by atoms with van der Waals surface area (Å²) >= 11 is 11.0. The number of thiocarbonyl (C=S) groups is 2. The van der Waals surface area contributed by atoms with E-state index in [2.05, 4.69) is 236 Å². The third-order valence-corrected chi connectivity index (χ3v) is 14.5. The molecule has 2 N–H and O–H groups in total. The number of para-hydroxylation sites is 4. The molecule has 0 radical (unpaired) electrons. The van der Waals surface area contributed by atoms with Gasteiger partial charge < -0.3 is 30.8 Å². The fraction of sp³-hybridized carbons (Fsp3) is 0. The fourth-order valence-corrected chi connectivity index (χ4v) is 10.7. The van der Waals surface area contributed by atoms with Crippen LogP contribution in [0.4, 0.5) is 34.1 Å². The van der Waals surface area contributed by atoms with E-state index in [1.54, 1.807) is 0 Å². The number of carboxylic acids is 2. The number of aromatic nitrogens is 4. The molecule has 0 bridgehead atoms. The molecule has 0 unspecified atom stereocenters. The van der Waals surface area contributed by atoms with E-state index in [0.717, 1.165) is 45.0 Å². The Hall–Kier alpha value is -9.14. The molecule has 0 aliphatic carbocycles. The Morgan fingerprint density at radius 1 is 0.407 bits per heavy atom. The smallest absolute Gasteiger partial charge is 0.753 e. The van der Waals surface area contributed by atoms with Crippen LogP contribution < -0.4 is 9.80 Å². The standard InChI is InChI=1S/C50H34N4S2.C12H8N2O4.2CNS.Ru/c1-5-13-47-43(9-1)53(44-10-2-6-14-48(44)55-47)39-25-21-35(22-26-39)17-19-37-29-31-51-41(33-37)42-34-38(30-32-52-42)20-18-36-23-27-40(28-24-36)54-45-11-3-7-15-49(45)56-50-16-8-4-12-46(50)54;15-11(16)7-1-3-13-9(5-7)10-6-8(12(17)18)2-4-14-10;2*2-1-3;/h1-34H;1-6H,(H,15,16)(H,17,18);;;/q;;2*-1;+2/b19-17+,20-18+;;;;. The van der Waals surface area contributed by atoms with Crippen LogP contribution in [0.15, 0.2) is 238 Å². The van der Waals surface area contributed by atoms with Crippen molar-refractivity contribution in [3.05, 3.63) is 263 Å². The molecule has 12 nitrogen and oxygen atoms in total. The molecular formula is C64H42N8O4RuS4. The molecule has 81 heavy (non-hydrogen) atoms. The van der Waals surface area contributed by atoms with Gasteiger partial charge in [0.05, 0.1) is 56.7 Å². The Morgan fingerprint density at radius 2 is 0.679 bits per heavy atom. The van der Waals surface area contributed by atoms with Crippen LogP contribution in [0.3, 0.4) is 0 Å². The minimum absolute atomic E-state index is 0. The Kier molecular flexibility index (Phi) is 20.2. The average Bonchev–Trinajstić information content (AvgIpc) is 3.53. The van der Waals surface area contributed by atoms with Crippen molar-refractivity contribution in [1.82, 2.24) is 19.9 Å². The summed E-state index contributed by atoms with van der Waals surface area (Å²) in [4.78, 5) is 48.7. The number of anilines is 6. The maximum atomic E-state index is 10.8. The number of hydrogen-bond donors (Lipinski definition) is 2. The molecule has 0 fully saturated rings. The molecule has 394 valence electrons. The van der Waals surface area contributed by atoms with Crippen LogP contribution in [-0.2, 0) is 19.5 Å². The number of aromatic carboxylic acids is 2. The van der Waals surface area contributed by atoms with Gasteiger partial charge in [-0.25, -0.2) is 9.59 Å². The summed E-state index contributed by atoms with van der Waals surface area (Å²) in [5.41, 5.74) is 13.9. The number of pyridine rings is 4. The first-order chi connectivity index (χ1) is 39.1. The van der Waals surface area contributed by atoms with E-state index in [-0.39, 0.29) is 30.6 Å². The van der Waals surface area contributed by atoms with Gasteiger partial charge in [-0.05, 0) is 144 Å². The van der Waals surface area contributed by atoms with Crippen molar-refractivity contribution < 1.29 is 39.3 Å². The van der Waals surface area contributed by atoms with Crippen LogP contribution in [0, 0.1) is 0 Å². The van der Waals surface area contributed by atoms with E-state index in [4.69, 9.17) is 21.0 Å². The van der Waals surface area contributed by atoms with Gasteiger partial charge in [-0.2, -0.15) is 10.3 Å². The van der Waals surface area contributed by atoms with Crippen LogP contribution >= 0.6 is 48.0 Å². The molecular weight excluding hydrogens is 1170 g/mol. The summed E-state index contributed by atoms with van der Waals surface area (Å²) < 4.78 is 0. The van der Waals surface area contributed by atoms with Crippen molar-refractivity contribution >= 4 is 129 Å². The summed E-state index contributed by atoms with van der Waals surface area (Å²) in [6, 6.07) is 65.6. The van der Waals surface area contributed by atoms with Gasteiger partial charge in [0.2, 0.25) is 0 Å². The van der Waals surface area contributed by atoms with E-state index >= 15 is 0 Å². The summed E-state index contributed by atoms with van der Waals surface area (Å²) in [6.45, 7) is 0. The normalized spacial score (nSPS) is 11.4. The first-order valence-electron chi connectivity index (χ1n) is 24.4. The molecule has 2 aliphatic heterocycles. The zero-order chi connectivity index (χ0) is 55.8. The van der Waals surface area contributed by atoms with E-state index in [1.807, 2.05) is 48.1 Å². The van der Waals surface area contributed by atoms with Gasteiger partial charge in [-0.3, -0.25) is 19.9 Å². The second-order valence-corrected chi connectivity index (χ2v) is 19.7. The Balaban J connectivity index is 0.000000289. The Bertz CT molecular complexity index is 3670. The molecule has 0 saturated carbocycles. The van der Waals surface area contributed by atoms with Crippen LogP contribution in [0.2, 0.25) is 0 Å². The molecule has 6 heterocycles. The number of rotatable bonds is 10. The largest absolute Gasteiger partial charge is 2.00 e. The van der Waals surface area contributed by atoms with Gasteiger partial charge in [0.15, 0.2) is 0 Å². The number of hydrogen-bond acceptors (Lipinski definition) is 12. The van der Waals surface area contributed by atoms with E-state index in [9.17, 15) is 9.59 Å². The second-order valence-electron chi connectivity index (χ2n) is 17.2. The van der Waals surface area contributed by atoms with E-state index in [1.165, 1.54) is 89.3 Å². The summed E-state index contributed by atoms with van der Waals surface area (Å²) in [5, 5.41) is 34.6. The van der Waals surface area contributed by atoms with Gasteiger partial charge in [-0.15, -0.1) is 0 Å². The number of carboxylic acid groups (broad SMARTS) is 2. The van der Waals surface area contributed by atoms with Gasteiger partial charge >= 0.3 is 31.4 Å². The molecule has 17 heteroatoms. The van der Waals surface area contributed by atoms with Crippen LogP contribution in [0.1, 0.15) is 43.0 Å². The quantitative estimate of drug-likeness (QED) is 0.0751. The van der Waals surface area contributed by atoms with Crippen LogP contribution in [0.25, 0.3) is 57.9 Å². The molecule has 4 aromatic heterocycles. The second kappa shape index (κ2) is 28.1. The SMILES string of the molecule is C(=C\c1ccnc(-c2cc(/C=C/c3ccc(N4c5ccccc5Sc5ccccc54)cc3)ccn2)c1)/c1ccc(N2c3ccccc3Sc3ccccc32)cc1.O=C(O)c1ccnc(-c2cc(C(=O)O)ccn2)c1.[N-]=C=S.[N-]=C=S.[Ru+2]. The van der Waals surface area contributed by atoms with Gasteiger partial charge in [0, 0.05) is 55.7 Å². The molecule has 0 spiro atoms. The fourth-order valence-electron chi connectivity index (χ4n) is 8.61. The third kappa shape index (κ3) is 14.4. The van der Waals surface area contributed by atoms with E-state index < -0.39 is 11.9 Å². The zero-order valence-electron chi connectivity index (χ0n) is 42.4. The summed E-state index contributed by atoms with van der Waals surface area (Å²) in [5.74, 6) is -2.15. The maximum Gasteiger partial charge on any atom is 2.00 e. The summed E-state index contributed by atoms with van der Waals surface area (Å²) in [7, 11) is 0. The number of carbonyl (C=O) groups is 2. The average molecular weight is 1220 g/mol. The zero-order valence-corrected chi connectivity index (χ0v) is 47.4. The molecule has 10 aromatic rings. The predicted molar refractivity (Wildman–Crippen MR) is 329 cm³/mol. The van der Waals surface area contributed by atoms with Crippen molar-refractivity contribution in [2.45, 2.75) is 19.6 Å². The minimum Gasteiger partial charge on any atom is -0.753 e. The molecule has 6 aromatic carbocycles. The van der Waals surface area contributed by atoms with Gasteiger partial charge in [-0.1, -0.05) is 145 Å². The van der Waals surface area contributed by atoms with Crippen molar-refractivity contribution in [2.75, 3.05) is 9.80 Å². The van der Waals surface area contributed by atoms with Crippen molar-refractivity contribution in [1.29, 1.82) is 0 Å². The van der Waals surface area contributed by atoms with Crippen LogP contribution in [0.5, 0.6) is 0 Å². The number of isothiocyanates is 2. The molecule has 12 rings (SSSR count). The first-order valence-corrected chi connectivity index (χ1v) is 26.8. The first kappa shape index (κ1) is 58.0.